The number of hydrogen-bond acceptors (Lipinski definition) is 1. The van der Waals surface area contributed by atoms with Gasteiger partial charge in [-0.15, -0.1) is 0 Å². The van der Waals surface area contributed by atoms with Crippen molar-refractivity contribution in [1.29, 1.82) is 0 Å². The van der Waals surface area contributed by atoms with Gasteiger partial charge in [-0.1, -0.05) is 75.0 Å². The fourth-order valence-corrected chi connectivity index (χ4v) is 1.56. The molecule has 0 radical (unpaired) electrons. The van der Waals surface area contributed by atoms with Crippen LogP contribution in [0.3, 0.4) is 0 Å². The minimum absolute atomic E-state index is 0.400. The highest BCUT2D eigenvalue weighted by Crippen LogP contribution is 2.23. The first kappa shape index (κ1) is 14.0. The van der Waals surface area contributed by atoms with E-state index >= 15 is 0 Å². The lowest BCUT2D eigenvalue weighted by molar-refractivity contribution is 0.465. The Hall–Kier alpha value is -2.02. The van der Waals surface area contributed by atoms with Crippen LogP contribution in [0.2, 0.25) is 0 Å². The van der Waals surface area contributed by atoms with Gasteiger partial charge in [-0.05, 0) is 23.1 Å². The number of rotatable bonds is 2. The van der Waals surface area contributed by atoms with Gasteiger partial charge >= 0.3 is 0 Å². The molecule has 1 N–H and O–H groups in total. The van der Waals surface area contributed by atoms with Gasteiger partial charge in [0.2, 0.25) is 0 Å². The third-order valence-corrected chi connectivity index (χ3v) is 2.59. The SMILES string of the molecule is C=Cc1ccccc1.CC(C)c1ccccc1O. The summed E-state index contributed by atoms with van der Waals surface area (Å²) in [6.07, 6.45) is 1.83. The van der Waals surface area contributed by atoms with Gasteiger partial charge in [0.25, 0.3) is 0 Å². The maximum Gasteiger partial charge on any atom is 0.119 e. The molecule has 18 heavy (non-hydrogen) atoms. The number of para-hydroxylation sites is 1. The summed E-state index contributed by atoms with van der Waals surface area (Å²) in [5.41, 5.74) is 2.19. The molecule has 2 aromatic carbocycles. The molecule has 0 saturated heterocycles. The van der Waals surface area contributed by atoms with E-state index in [2.05, 4.69) is 20.4 Å². The van der Waals surface area contributed by atoms with Crippen LogP contribution in [0, 0.1) is 0 Å². The summed E-state index contributed by atoms with van der Waals surface area (Å²) in [7, 11) is 0. The molecule has 2 rings (SSSR count). The molecule has 94 valence electrons. The molecule has 0 amide bonds. The summed E-state index contributed by atoms with van der Waals surface area (Å²) in [6, 6.07) is 17.5. The van der Waals surface area contributed by atoms with Crippen molar-refractivity contribution in [3.63, 3.8) is 0 Å². The molecular formula is C17H20O. The molecule has 0 aliphatic carbocycles. The third kappa shape index (κ3) is 4.46. The molecule has 0 unspecified atom stereocenters. The molecule has 1 nitrogen and oxygen atoms in total. The number of hydrogen-bond donors (Lipinski definition) is 1. The van der Waals surface area contributed by atoms with Crippen LogP contribution in [-0.2, 0) is 0 Å². The molecular weight excluding hydrogens is 220 g/mol. The van der Waals surface area contributed by atoms with Crippen LogP contribution >= 0.6 is 0 Å². The van der Waals surface area contributed by atoms with Gasteiger partial charge in [-0.25, -0.2) is 0 Å². The molecule has 0 aliphatic rings. The van der Waals surface area contributed by atoms with Crippen molar-refractivity contribution in [1.82, 2.24) is 0 Å². The maximum atomic E-state index is 9.28. The third-order valence-electron chi connectivity index (χ3n) is 2.59. The van der Waals surface area contributed by atoms with Crippen LogP contribution in [0.25, 0.3) is 6.08 Å². The van der Waals surface area contributed by atoms with Crippen molar-refractivity contribution in [3.05, 3.63) is 72.3 Å². The lowest BCUT2D eigenvalue weighted by Gasteiger charge is -2.05. The van der Waals surface area contributed by atoms with E-state index in [-0.39, 0.29) is 0 Å². The zero-order valence-electron chi connectivity index (χ0n) is 11.0. The Labute approximate surface area is 109 Å². The second kappa shape index (κ2) is 7.33. The van der Waals surface area contributed by atoms with E-state index in [0.717, 1.165) is 5.56 Å². The van der Waals surface area contributed by atoms with Gasteiger partial charge < -0.3 is 5.11 Å². The maximum absolute atomic E-state index is 9.28. The van der Waals surface area contributed by atoms with Gasteiger partial charge in [0.05, 0.1) is 0 Å². The molecule has 0 bridgehead atoms. The molecule has 0 aromatic heterocycles. The molecule has 0 atom stereocenters. The van der Waals surface area contributed by atoms with Gasteiger partial charge in [-0.3, -0.25) is 0 Å². The van der Waals surface area contributed by atoms with Crippen LogP contribution < -0.4 is 0 Å². The topological polar surface area (TPSA) is 20.2 Å². The summed E-state index contributed by atoms with van der Waals surface area (Å²) < 4.78 is 0. The first-order valence-electron chi connectivity index (χ1n) is 6.10. The number of aromatic hydroxyl groups is 1. The summed E-state index contributed by atoms with van der Waals surface area (Å²) >= 11 is 0. The Bertz CT molecular complexity index is 472. The molecule has 1 heteroatoms. The molecule has 0 spiro atoms. The summed E-state index contributed by atoms with van der Waals surface area (Å²) in [4.78, 5) is 0. The van der Waals surface area contributed by atoms with Crippen LogP contribution in [0.5, 0.6) is 5.75 Å². The highest BCUT2D eigenvalue weighted by atomic mass is 16.3. The first-order valence-corrected chi connectivity index (χ1v) is 6.10. The Morgan fingerprint density at radius 3 is 1.89 bits per heavy atom. The van der Waals surface area contributed by atoms with Crippen molar-refractivity contribution in [3.8, 4) is 5.75 Å². The quantitative estimate of drug-likeness (QED) is 0.796. The van der Waals surface area contributed by atoms with Crippen LogP contribution in [0.1, 0.15) is 30.9 Å². The van der Waals surface area contributed by atoms with E-state index in [9.17, 15) is 5.11 Å². The fraction of sp³-hybridized carbons (Fsp3) is 0.176. The summed E-state index contributed by atoms with van der Waals surface area (Å²) in [6.45, 7) is 7.76. The zero-order chi connectivity index (χ0) is 13.4. The average Bonchev–Trinajstić information content (AvgIpc) is 2.40. The van der Waals surface area contributed by atoms with E-state index < -0.39 is 0 Å². The molecule has 0 aliphatic heterocycles. The number of phenolic OH excluding ortho intramolecular Hbond substituents is 1. The highest BCUT2D eigenvalue weighted by molar-refractivity contribution is 5.45. The monoisotopic (exact) mass is 240 g/mol. The Balaban J connectivity index is 0.000000184. The van der Waals surface area contributed by atoms with Gasteiger partial charge in [0, 0.05) is 0 Å². The van der Waals surface area contributed by atoms with Crippen molar-refractivity contribution >= 4 is 6.08 Å². The summed E-state index contributed by atoms with van der Waals surface area (Å²) in [5, 5.41) is 9.28. The van der Waals surface area contributed by atoms with Crippen LogP contribution in [0.4, 0.5) is 0 Å². The van der Waals surface area contributed by atoms with E-state index in [0.29, 0.717) is 11.7 Å². The standard InChI is InChI=1S/C9H12O.C8H8/c1-7(2)8-5-3-4-6-9(8)10;1-2-8-6-4-3-5-7-8/h3-7,10H,1-2H3;2-7H,1H2. The van der Waals surface area contributed by atoms with Crippen molar-refractivity contribution in [2.45, 2.75) is 19.8 Å². The van der Waals surface area contributed by atoms with Crippen LogP contribution in [0.15, 0.2) is 61.2 Å². The molecule has 0 saturated carbocycles. The number of phenols is 1. The minimum atomic E-state index is 0.400. The smallest absolute Gasteiger partial charge is 0.119 e. The Morgan fingerprint density at radius 2 is 1.50 bits per heavy atom. The second-order valence-corrected chi connectivity index (χ2v) is 4.33. The summed E-state index contributed by atoms with van der Waals surface area (Å²) in [5.74, 6) is 0.804. The van der Waals surface area contributed by atoms with Crippen LogP contribution in [-0.4, -0.2) is 5.11 Å². The van der Waals surface area contributed by atoms with E-state index in [1.54, 1.807) is 6.07 Å². The van der Waals surface area contributed by atoms with Gasteiger partial charge in [-0.2, -0.15) is 0 Å². The first-order chi connectivity index (χ1) is 8.65. The molecule has 0 fully saturated rings. The van der Waals surface area contributed by atoms with E-state index in [1.807, 2.05) is 54.6 Å². The van der Waals surface area contributed by atoms with Crippen molar-refractivity contribution < 1.29 is 5.11 Å². The Kier molecular flexibility index (Phi) is 5.72. The second-order valence-electron chi connectivity index (χ2n) is 4.33. The van der Waals surface area contributed by atoms with E-state index in [1.165, 1.54) is 5.56 Å². The highest BCUT2D eigenvalue weighted by Gasteiger charge is 2.01. The zero-order valence-corrected chi connectivity index (χ0v) is 11.0. The Morgan fingerprint density at radius 1 is 0.944 bits per heavy atom. The minimum Gasteiger partial charge on any atom is -0.508 e. The predicted octanol–water partition coefficient (Wildman–Crippen LogP) is 4.85. The molecule has 0 heterocycles. The molecule has 2 aromatic rings. The van der Waals surface area contributed by atoms with Crippen molar-refractivity contribution in [2.75, 3.05) is 0 Å². The fourth-order valence-electron chi connectivity index (χ4n) is 1.56. The largest absolute Gasteiger partial charge is 0.508 e. The lowest BCUT2D eigenvalue weighted by Crippen LogP contribution is -1.85. The van der Waals surface area contributed by atoms with Gasteiger partial charge in [0.1, 0.15) is 5.75 Å². The van der Waals surface area contributed by atoms with Crippen molar-refractivity contribution in [2.24, 2.45) is 0 Å². The van der Waals surface area contributed by atoms with E-state index in [4.69, 9.17) is 0 Å². The van der Waals surface area contributed by atoms with Gasteiger partial charge in [0.15, 0.2) is 0 Å². The predicted molar refractivity (Wildman–Crippen MR) is 78.7 cm³/mol. The number of benzene rings is 2. The normalized spacial score (nSPS) is 9.50. The average molecular weight is 240 g/mol. The lowest BCUT2D eigenvalue weighted by atomic mass is 10.0.